The zero-order valence-electron chi connectivity index (χ0n) is 8.86. The van der Waals surface area contributed by atoms with Crippen molar-refractivity contribution in [3.8, 4) is 0 Å². The lowest BCUT2D eigenvalue weighted by Gasteiger charge is -2.27. The molecule has 0 amide bonds. The van der Waals surface area contributed by atoms with E-state index in [2.05, 4.69) is 0 Å². The molecule has 1 unspecified atom stereocenters. The van der Waals surface area contributed by atoms with Crippen molar-refractivity contribution in [1.29, 1.82) is 0 Å². The Hall–Kier alpha value is -0.440. The molecule has 0 fully saturated rings. The van der Waals surface area contributed by atoms with E-state index < -0.39 is 0 Å². The van der Waals surface area contributed by atoms with E-state index in [-0.39, 0.29) is 21.9 Å². The summed E-state index contributed by atoms with van der Waals surface area (Å²) in [5, 5.41) is 0.897. The van der Waals surface area contributed by atoms with Crippen molar-refractivity contribution in [3.63, 3.8) is 0 Å². The maximum atomic E-state index is 13.4. The number of hydrogen-bond donors (Lipinski definition) is 0. The van der Waals surface area contributed by atoms with Crippen molar-refractivity contribution < 1.29 is 8.78 Å². The molecular weight excluding hydrogens is 202 g/mol. The number of thiophene rings is 1. The predicted molar refractivity (Wildman–Crippen MR) is 56.8 cm³/mol. The van der Waals surface area contributed by atoms with Gasteiger partial charge < -0.3 is 0 Å². The number of hydrogen-bond acceptors (Lipinski definition) is 1. The van der Waals surface area contributed by atoms with Crippen molar-refractivity contribution in [2.24, 2.45) is 0 Å². The van der Waals surface area contributed by atoms with Crippen LogP contribution in [0.1, 0.15) is 45.6 Å². The quantitative estimate of drug-likeness (QED) is 0.698. The van der Waals surface area contributed by atoms with Gasteiger partial charge in [-0.25, -0.2) is 4.39 Å². The Morgan fingerprint density at radius 2 is 2.00 bits per heavy atom. The highest BCUT2D eigenvalue weighted by Gasteiger charge is 2.31. The van der Waals surface area contributed by atoms with Crippen LogP contribution in [0.2, 0.25) is 0 Å². The molecule has 0 radical (unpaired) electrons. The van der Waals surface area contributed by atoms with Crippen LogP contribution in [0.4, 0.5) is 8.78 Å². The molecule has 1 rings (SSSR count). The first-order valence-electron chi connectivity index (χ1n) is 4.98. The zero-order chi connectivity index (χ0) is 10.8. The second-order valence-electron chi connectivity index (χ2n) is 3.90. The SMILES string of the molecule is CCCC(C)(CC)c1c(F)csc1F. The fraction of sp³-hybridized carbons (Fsp3) is 0.636. The third kappa shape index (κ3) is 1.97. The van der Waals surface area contributed by atoms with Gasteiger partial charge in [0.2, 0.25) is 0 Å². The summed E-state index contributed by atoms with van der Waals surface area (Å²) < 4.78 is 26.8. The van der Waals surface area contributed by atoms with E-state index in [0.717, 1.165) is 30.6 Å². The van der Waals surface area contributed by atoms with Gasteiger partial charge in [-0.3, -0.25) is 0 Å². The van der Waals surface area contributed by atoms with E-state index in [1.165, 1.54) is 5.38 Å². The minimum absolute atomic E-state index is 0.284. The van der Waals surface area contributed by atoms with E-state index in [0.29, 0.717) is 0 Å². The Kier molecular flexibility index (Phi) is 3.65. The molecule has 0 nitrogen and oxygen atoms in total. The van der Waals surface area contributed by atoms with Crippen LogP contribution in [0.5, 0.6) is 0 Å². The highest BCUT2D eigenvalue weighted by molar-refractivity contribution is 7.08. The molecular formula is C11H16F2S. The zero-order valence-corrected chi connectivity index (χ0v) is 9.68. The van der Waals surface area contributed by atoms with E-state index >= 15 is 0 Å². The van der Waals surface area contributed by atoms with Gasteiger partial charge in [0.25, 0.3) is 0 Å². The second-order valence-corrected chi connectivity index (χ2v) is 4.73. The highest BCUT2D eigenvalue weighted by Crippen LogP contribution is 2.38. The standard InChI is InChI=1S/C11H16F2S/c1-4-6-11(3,5-2)9-8(12)7-14-10(9)13/h7H,4-6H2,1-3H3. The van der Waals surface area contributed by atoms with E-state index in [1.54, 1.807) is 0 Å². The molecule has 1 aromatic rings. The first-order valence-corrected chi connectivity index (χ1v) is 5.86. The van der Waals surface area contributed by atoms with Crippen LogP contribution in [0.15, 0.2) is 5.38 Å². The molecule has 3 heteroatoms. The molecule has 0 N–H and O–H groups in total. The maximum absolute atomic E-state index is 13.4. The van der Waals surface area contributed by atoms with Gasteiger partial charge in [0.05, 0.1) is 0 Å². The van der Waals surface area contributed by atoms with Gasteiger partial charge in [-0.15, -0.1) is 11.3 Å². The van der Waals surface area contributed by atoms with Crippen molar-refractivity contribution in [2.45, 2.75) is 45.4 Å². The van der Waals surface area contributed by atoms with E-state index in [4.69, 9.17) is 0 Å². The lowest BCUT2D eigenvalue weighted by atomic mass is 9.77. The Labute approximate surface area is 88.0 Å². The molecule has 0 bridgehead atoms. The van der Waals surface area contributed by atoms with Gasteiger partial charge in [0.1, 0.15) is 5.82 Å². The summed E-state index contributed by atoms with van der Waals surface area (Å²) in [5.74, 6) is -0.384. The Morgan fingerprint density at radius 3 is 2.36 bits per heavy atom. The molecule has 0 spiro atoms. The molecule has 0 aliphatic heterocycles. The highest BCUT2D eigenvalue weighted by atomic mass is 32.1. The van der Waals surface area contributed by atoms with E-state index in [9.17, 15) is 8.78 Å². The smallest absolute Gasteiger partial charge is 0.183 e. The first kappa shape index (κ1) is 11.6. The molecule has 0 saturated carbocycles. The van der Waals surface area contributed by atoms with Crippen molar-refractivity contribution in [1.82, 2.24) is 0 Å². The summed E-state index contributed by atoms with van der Waals surface area (Å²) in [6.07, 6.45) is 2.54. The Bertz CT molecular complexity index is 287. The Morgan fingerprint density at radius 1 is 1.36 bits per heavy atom. The molecule has 0 aromatic carbocycles. The summed E-state index contributed by atoms with van der Waals surface area (Å²) in [6, 6.07) is 0. The maximum Gasteiger partial charge on any atom is 0.183 e. The third-order valence-electron chi connectivity index (χ3n) is 2.89. The fourth-order valence-corrected chi connectivity index (χ4v) is 2.66. The van der Waals surface area contributed by atoms with Crippen LogP contribution in [0, 0.1) is 10.9 Å². The lowest BCUT2D eigenvalue weighted by Crippen LogP contribution is -2.22. The molecule has 1 aromatic heterocycles. The lowest BCUT2D eigenvalue weighted by molar-refractivity contribution is 0.380. The Balaban J connectivity index is 3.11. The normalized spacial score (nSPS) is 15.5. The average Bonchev–Trinajstić information content (AvgIpc) is 2.47. The van der Waals surface area contributed by atoms with Crippen LogP contribution in [-0.4, -0.2) is 0 Å². The van der Waals surface area contributed by atoms with Crippen LogP contribution in [0.3, 0.4) is 0 Å². The predicted octanol–water partition coefficient (Wildman–Crippen LogP) is 4.49. The summed E-state index contributed by atoms with van der Waals surface area (Å²) >= 11 is 0.857. The van der Waals surface area contributed by atoms with Crippen molar-refractivity contribution in [2.75, 3.05) is 0 Å². The van der Waals surface area contributed by atoms with Gasteiger partial charge >= 0.3 is 0 Å². The average molecular weight is 218 g/mol. The molecule has 14 heavy (non-hydrogen) atoms. The van der Waals surface area contributed by atoms with Crippen molar-refractivity contribution >= 4 is 11.3 Å². The number of halogens is 2. The molecule has 0 aliphatic carbocycles. The summed E-state index contributed by atoms with van der Waals surface area (Å²) in [4.78, 5) is 0. The fourth-order valence-electron chi connectivity index (χ4n) is 1.87. The van der Waals surface area contributed by atoms with Gasteiger partial charge in [0.15, 0.2) is 5.13 Å². The van der Waals surface area contributed by atoms with Crippen LogP contribution < -0.4 is 0 Å². The largest absolute Gasteiger partial charge is 0.206 e. The monoisotopic (exact) mass is 218 g/mol. The molecule has 1 heterocycles. The van der Waals surface area contributed by atoms with Gasteiger partial charge in [-0.1, -0.05) is 27.2 Å². The minimum Gasteiger partial charge on any atom is -0.206 e. The summed E-state index contributed by atoms with van der Waals surface area (Å²) in [7, 11) is 0. The summed E-state index contributed by atoms with van der Waals surface area (Å²) in [5.41, 5.74) is -0.0602. The van der Waals surface area contributed by atoms with Crippen LogP contribution in [0.25, 0.3) is 0 Å². The topological polar surface area (TPSA) is 0 Å². The van der Waals surface area contributed by atoms with Crippen LogP contribution in [-0.2, 0) is 5.41 Å². The van der Waals surface area contributed by atoms with Crippen molar-refractivity contribution in [3.05, 3.63) is 21.9 Å². The molecule has 80 valence electrons. The minimum atomic E-state index is -0.384. The second kappa shape index (κ2) is 4.39. The van der Waals surface area contributed by atoms with E-state index in [1.807, 2.05) is 20.8 Å². The molecule has 0 saturated heterocycles. The third-order valence-corrected chi connectivity index (χ3v) is 3.62. The van der Waals surface area contributed by atoms with Gasteiger partial charge in [-0.05, 0) is 18.3 Å². The van der Waals surface area contributed by atoms with Gasteiger partial charge in [0, 0.05) is 10.9 Å². The summed E-state index contributed by atoms with van der Waals surface area (Å²) in [6.45, 7) is 5.95. The van der Waals surface area contributed by atoms with Crippen LogP contribution >= 0.6 is 11.3 Å². The molecule has 0 aliphatic rings. The van der Waals surface area contributed by atoms with Gasteiger partial charge in [-0.2, -0.15) is 4.39 Å². The number of rotatable bonds is 4. The molecule has 1 atom stereocenters. The first-order chi connectivity index (χ1) is 6.55.